The van der Waals surface area contributed by atoms with Crippen LogP contribution in [0.4, 0.5) is 0 Å². The first-order valence-corrected chi connectivity index (χ1v) is 3.15. The van der Waals surface area contributed by atoms with Crippen molar-refractivity contribution in [1.29, 1.82) is 0 Å². The van der Waals surface area contributed by atoms with Crippen molar-refractivity contribution in [3.8, 4) is 0 Å². The summed E-state index contributed by atoms with van der Waals surface area (Å²) in [6.45, 7) is 5.66. The van der Waals surface area contributed by atoms with Gasteiger partial charge in [0, 0.05) is 5.41 Å². The summed E-state index contributed by atoms with van der Waals surface area (Å²) >= 11 is 0. The zero-order chi connectivity index (χ0) is 7.99. The molecule has 0 aromatic heterocycles. The van der Waals surface area contributed by atoms with Crippen molar-refractivity contribution in [3.63, 3.8) is 0 Å². The number of hydrogen-bond acceptors (Lipinski definition) is 3. The Morgan fingerprint density at radius 1 is 1.60 bits per heavy atom. The molecule has 1 aliphatic rings. The number of rotatable bonds is 1. The Hall–Kier alpha value is -0.610. The molecule has 0 aliphatic carbocycles. The van der Waals surface area contributed by atoms with Crippen LogP contribution in [0.15, 0.2) is 0 Å². The zero-order valence-corrected chi connectivity index (χ0v) is 6.39. The second kappa shape index (κ2) is 1.71. The van der Waals surface area contributed by atoms with Crippen molar-refractivity contribution >= 4 is 5.91 Å². The van der Waals surface area contributed by atoms with Crippen LogP contribution < -0.4 is 11.2 Å². The summed E-state index contributed by atoms with van der Waals surface area (Å²) in [5.74, 6) is -0.458. The van der Waals surface area contributed by atoms with Crippen molar-refractivity contribution in [2.45, 2.75) is 26.5 Å². The summed E-state index contributed by atoms with van der Waals surface area (Å²) in [5, 5.41) is 0. The predicted octanol–water partition coefficient (Wildman–Crippen LogP) is -0.251. The minimum Gasteiger partial charge on any atom is -0.366 e. The molecule has 1 unspecified atom stereocenters. The van der Waals surface area contributed by atoms with Crippen LogP contribution in [0.2, 0.25) is 0 Å². The molecule has 0 aromatic rings. The molecule has 1 atom stereocenters. The molecule has 0 spiro atoms. The highest BCUT2D eigenvalue weighted by Gasteiger charge is 2.60. The number of nitrogens with two attached hydrogens (primary N) is 1. The second-order valence-electron chi connectivity index (χ2n) is 3.50. The summed E-state index contributed by atoms with van der Waals surface area (Å²) < 4.78 is 0. The Morgan fingerprint density at radius 3 is 2.00 bits per heavy atom. The van der Waals surface area contributed by atoms with E-state index in [1.165, 1.54) is 0 Å². The average Bonchev–Trinajstić information content (AvgIpc) is 2.36. The van der Waals surface area contributed by atoms with Crippen molar-refractivity contribution in [2.24, 2.45) is 11.1 Å². The monoisotopic (exact) mass is 144 g/mol. The Bertz CT molecular complexity index is 167. The molecule has 0 aromatic carbocycles. The molecule has 1 heterocycles. The second-order valence-corrected chi connectivity index (χ2v) is 3.50. The van der Waals surface area contributed by atoms with Gasteiger partial charge in [0.2, 0.25) is 5.72 Å². The van der Waals surface area contributed by atoms with E-state index < -0.39 is 11.6 Å². The van der Waals surface area contributed by atoms with Crippen molar-refractivity contribution in [3.05, 3.63) is 0 Å². The van der Waals surface area contributed by atoms with E-state index in [-0.39, 0.29) is 5.41 Å². The molecule has 1 rings (SSSR count). The topological polar surface area (TPSA) is 77.6 Å². The van der Waals surface area contributed by atoms with E-state index in [1.54, 1.807) is 0 Å². The molecule has 3 N–H and O–H groups in total. The van der Waals surface area contributed by atoms with Gasteiger partial charge < -0.3 is 5.73 Å². The highest BCUT2D eigenvalue weighted by Crippen LogP contribution is 2.38. The lowest BCUT2D eigenvalue weighted by molar-refractivity contribution is -0.126. The molecule has 1 fully saturated rings. The fourth-order valence-electron chi connectivity index (χ4n) is 0.827. The molecule has 1 saturated heterocycles. The highest BCUT2D eigenvalue weighted by atomic mass is 16.8. The van der Waals surface area contributed by atoms with E-state index in [0.29, 0.717) is 0 Å². The Morgan fingerprint density at radius 2 is 2.00 bits per heavy atom. The fraction of sp³-hybridized carbons (Fsp3) is 0.833. The maximum absolute atomic E-state index is 10.8. The Kier molecular flexibility index (Phi) is 1.28. The number of carbonyl (C=O) groups excluding carboxylic acids is 1. The maximum atomic E-state index is 10.8. The van der Waals surface area contributed by atoms with Gasteiger partial charge in [-0.3, -0.25) is 9.63 Å². The van der Waals surface area contributed by atoms with Crippen molar-refractivity contribution < 1.29 is 9.63 Å². The number of nitrogens with one attached hydrogen (secondary N) is 1. The molecule has 0 radical (unpaired) electrons. The van der Waals surface area contributed by atoms with Crippen LogP contribution in [0.3, 0.4) is 0 Å². The summed E-state index contributed by atoms with van der Waals surface area (Å²) in [6.07, 6.45) is 0. The molecule has 1 aliphatic heterocycles. The SMILES string of the molecule is CC(C)(C)C1(C(N)=O)NO1. The third-order valence-electron chi connectivity index (χ3n) is 1.71. The largest absolute Gasteiger partial charge is 0.366 e. The van der Waals surface area contributed by atoms with Crippen molar-refractivity contribution in [1.82, 2.24) is 5.48 Å². The normalized spacial score (nSPS) is 31.9. The van der Waals surface area contributed by atoms with Crippen LogP contribution in [-0.4, -0.2) is 11.6 Å². The maximum Gasteiger partial charge on any atom is 0.269 e. The zero-order valence-electron chi connectivity index (χ0n) is 6.39. The van der Waals surface area contributed by atoms with Crippen LogP contribution in [0.5, 0.6) is 0 Å². The third-order valence-corrected chi connectivity index (χ3v) is 1.71. The first-order valence-electron chi connectivity index (χ1n) is 3.15. The molecule has 0 bridgehead atoms. The van der Waals surface area contributed by atoms with Gasteiger partial charge in [0.1, 0.15) is 0 Å². The van der Waals surface area contributed by atoms with Gasteiger partial charge in [-0.05, 0) is 0 Å². The minimum atomic E-state index is -0.924. The van der Waals surface area contributed by atoms with Crippen LogP contribution in [0.25, 0.3) is 0 Å². The number of amides is 1. The van der Waals surface area contributed by atoms with E-state index in [4.69, 9.17) is 10.6 Å². The smallest absolute Gasteiger partial charge is 0.269 e. The van der Waals surface area contributed by atoms with E-state index in [9.17, 15) is 4.79 Å². The summed E-state index contributed by atoms with van der Waals surface area (Å²) in [7, 11) is 0. The Balaban J connectivity index is 2.80. The molecule has 1 amide bonds. The van der Waals surface area contributed by atoms with Gasteiger partial charge >= 0.3 is 0 Å². The van der Waals surface area contributed by atoms with Gasteiger partial charge in [-0.1, -0.05) is 20.8 Å². The lowest BCUT2D eigenvalue weighted by Gasteiger charge is -2.21. The summed E-state index contributed by atoms with van der Waals surface area (Å²) in [6, 6.07) is 0. The highest BCUT2D eigenvalue weighted by molar-refractivity contribution is 5.85. The average molecular weight is 144 g/mol. The molecule has 4 heteroatoms. The molecule has 0 saturated carbocycles. The van der Waals surface area contributed by atoms with Crippen LogP contribution in [0, 0.1) is 5.41 Å². The predicted molar refractivity (Wildman–Crippen MR) is 35.6 cm³/mol. The van der Waals surface area contributed by atoms with E-state index in [1.807, 2.05) is 20.8 Å². The minimum absolute atomic E-state index is 0.279. The van der Waals surface area contributed by atoms with Gasteiger partial charge in [-0.25, -0.2) is 0 Å². The number of hydroxylamine groups is 1. The van der Waals surface area contributed by atoms with Crippen LogP contribution >= 0.6 is 0 Å². The molecular formula is C6H12N2O2. The van der Waals surface area contributed by atoms with Gasteiger partial charge in [-0.2, -0.15) is 5.48 Å². The van der Waals surface area contributed by atoms with Crippen LogP contribution in [0.1, 0.15) is 20.8 Å². The number of primary amides is 1. The molecule has 58 valence electrons. The lowest BCUT2D eigenvalue weighted by atomic mass is 9.85. The lowest BCUT2D eigenvalue weighted by Crippen LogP contribution is -2.45. The van der Waals surface area contributed by atoms with Gasteiger partial charge in [0.25, 0.3) is 5.91 Å². The fourth-order valence-corrected chi connectivity index (χ4v) is 0.827. The van der Waals surface area contributed by atoms with Crippen molar-refractivity contribution in [2.75, 3.05) is 0 Å². The summed E-state index contributed by atoms with van der Waals surface area (Å²) in [5.41, 5.74) is 6.40. The first-order chi connectivity index (χ1) is 4.40. The summed E-state index contributed by atoms with van der Waals surface area (Å²) in [4.78, 5) is 15.6. The third kappa shape index (κ3) is 0.803. The quantitative estimate of drug-likeness (QED) is 0.498. The van der Waals surface area contributed by atoms with Gasteiger partial charge in [0.15, 0.2) is 0 Å². The van der Waals surface area contributed by atoms with Gasteiger partial charge in [-0.15, -0.1) is 0 Å². The number of hydrogen-bond donors (Lipinski definition) is 2. The molecule has 4 nitrogen and oxygen atoms in total. The van der Waals surface area contributed by atoms with E-state index in [0.717, 1.165) is 0 Å². The first kappa shape index (κ1) is 7.50. The van der Waals surface area contributed by atoms with Crippen LogP contribution in [-0.2, 0) is 9.63 Å². The van der Waals surface area contributed by atoms with E-state index in [2.05, 4.69) is 5.48 Å². The van der Waals surface area contributed by atoms with Gasteiger partial charge in [0.05, 0.1) is 0 Å². The standard InChI is InChI=1S/C6H12N2O2/c1-5(2,3)6(4(7)9)8-10-6/h8H,1-3H3,(H2,7,9). The molecule has 10 heavy (non-hydrogen) atoms. The number of carbonyl (C=O) groups is 1. The Labute approximate surface area is 59.7 Å². The molecular weight excluding hydrogens is 132 g/mol. The van der Waals surface area contributed by atoms with E-state index >= 15 is 0 Å².